The van der Waals surface area contributed by atoms with Gasteiger partial charge < -0.3 is 11.1 Å². The van der Waals surface area contributed by atoms with Crippen LogP contribution in [0.2, 0.25) is 0 Å². The zero-order chi connectivity index (χ0) is 21.4. The summed E-state index contributed by atoms with van der Waals surface area (Å²) in [5, 5.41) is 5.58. The Morgan fingerprint density at radius 2 is 2.03 bits per heavy atom. The minimum atomic E-state index is -3.73. The third kappa shape index (κ3) is 3.66. The first kappa shape index (κ1) is 20.7. The van der Waals surface area contributed by atoms with Crippen LogP contribution in [0.25, 0.3) is 0 Å². The summed E-state index contributed by atoms with van der Waals surface area (Å²) >= 11 is 0. The fraction of sp³-hybridized carbons (Fsp3) is 0.353. The molecule has 0 saturated heterocycles. The first-order valence-electron chi connectivity index (χ1n) is 8.32. The molecule has 3 rings (SSSR count). The van der Waals surface area contributed by atoms with Crippen LogP contribution in [-0.4, -0.2) is 34.1 Å². The van der Waals surface area contributed by atoms with Crippen molar-refractivity contribution >= 4 is 17.4 Å². The first-order valence-corrected chi connectivity index (χ1v) is 8.32. The molecule has 0 fully saturated rings. The molecule has 2 aromatic rings. The third-order valence-electron chi connectivity index (χ3n) is 4.54. The predicted molar refractivity (Wildman–Crippen MR) is 91.3 cm³/mol. The maximum Gasteiger partial charge on any atom is 0.333 e. The second-order valence-electron chi connectivity index (χ2n) is 6.41. The number of nitrogens with zero attached hydrogens (tertiary/aromatic N) is 3. The van der Waals surface area contributed by atoms with Crippen molar-refractivity contribution in [3.05, 3.63) is 47.5 Å². The highest BCUT2D eigenvalue weighted by molar-refractivity contribution is 6.02. The monoisotopic (exact) mass is 419 g/mol. The van der Waals surface area contributed by atoms with Crippen molar-refractivity contribution in [1.29, 1.82) is 0 Å². The second-order valence-corrected chi connectivity index (χ2v) is 6.41. The molecule has 29 heavy (non-hydrogen) atoms. The van der Waals surface area contributed by atoms with Crippen molar-refractivity contribution in [3.8, 4) is 0 Å². The van der Waals surface area contributed by atoms with Crippen LogP contribution in [0.5, 0.6) is 0 Å². The molecular formula is C17H15F6N5O. The molecule has 0 radical (unpaired) electrons. The standard InChI is InChI=1S/C17H15F6N5O/c18-8-16(17(22,23)5-3-13(24)26-16)10-7-9(1-2-11(10)19)25-14(29)12-4-6-28(27-12)15(20)21/h1-2,4,6-7,15H,3,5,8H2,(H2,24,26)(H,25,29)/t16-/m1/s1. The summed E-state index contributed by atoms with van der Waals surface area (Å²) in [6.45, 7) is -4.69. The van der Waals surface area contributed by atoms with Crippen LogP contribution in [0.15, 0.2) is 35.5 Å². The van der Waals surface area contributed by atoms with E-state index < -0.39 is 48.4 Å². The number of hydrogen-bond acceptors (Lipinski definition) is 4. The smallest absolute Gasteiger partial charge is 0.333 e. The molecule has 1 aliphatic heterocycles. The van der Waals surface area contributed by atoms with Gasteiger partial charge in [0.2, 0.25) is 0 Å². The van der Waals surface area contributed by atoms with E-state index in [1.54, 1.807) is 0 Å². The Morgan fingerprint density at radius 1 is 1.31 bits per heavy atom. The summed E-state index contributed by atoms with van der Waals surface area (Å²) < 4.78 is 82.7. The number of carbonyl (C=O) groups is 1. The molecule has 0 unspecified atom stereocenters. The maximum atomic E-state index is 14.6. The zero-order valence-electron chi connectivity index (χ0n) is 14.7. The molecule has 12 heteroatoms. The topological polar surface area (TPSA) is 85.3 Å². The number of aliphatic imine (C=N–C) groups is 1. The van der Waals surface area contributed by atoms with Gasteiger partial charge in [-0.3, -0.25) is 9.79 Å². The number of alkyl halides is 5. The van der Waals surface area contributed by atoms with Crippen LogP contribution in [-0.2, 0) is 5.54 Å². The number of anilines is 1. The van der Waals surface area contributed by atoms with Crippen LogP contribution < -0.4 is 11.1 Å². The number of benzene rings is 1. The van der Waals surface area contributed by atoms with Gasteiger partial charge in [-0.15, -0.1) is 0 Å². The maximum absolute atomic E-state index is 14.6. The largest absolute Gasteiger partial charge is 0.387 e. The van der Waals surface area contributed by atoms with Gasteiger partial charge in [0.25, 0.3) is 11.8 Å². The minimum Gasteiger partial charge on any atom is -0.387 e. The van der Waals surface area contributed by atoms with Crippen molar-refractivity contribution < 1.29 is 31.1 Å². The quantitative estimate of drug-likeness (QED) is 0.726. The average molecular weight is 419 g/mol. The summed E-state index contributed by atoms with van der Waals surface area (Å²) in [7, 11) is 0. The number of rotatable bonds is 5. The van der Waals surface area contributed by atoms with Gasteiger partial charge in [-0.25, -0.2) is 22.2 Å². The van der Waals surface area contributed by atoms with Crippen molar-refractivity contribution in [2.75, 3.05) is 12.0 Å². The Balaban J connectivity index is 1.97. The highest BCUT2D eigenvalue weighted by Crippen LogP contribution is 2.48. The normalized spacial score (nSPS) is 21.1. The molecule has 0 saturated carbocycles. The van der Waals surface area contributed by atoms with E-state index in [0.717, 1.165) is 30.5 Å². The summed E-state index contributed by atoms with van der Waals surface area (Å²) in [4.78, 5) is 15.7. The number of halogens is 6. The molecule has 1 atom stereocenters. The van der Waals surface area contributed by atoms with Crippen molar-refractivity contribution in [2.24, 2.45) is 10.7 Å². The Kier molecular flexibility index (Phi) is 5.28. The zero-order valence-corrected chi connectivity index (χ0v) is 14.7. The van der Waals surface area contributed by atoms with Gasteiger partial charge in [-0.2, -0.15) is 13.9 Å². The highest BCUT2D eigenvalue weighted by Gasteiger charge is 2.58. The summed E-state index contributed by atoms with van der Waals surface area (Å²) in [5.41, 5.74) is 1.27. The molecule has 0 aliphatic carbocycles. The molecule has 3 N–H and O–H groups in total. The van der Waals surface area contributed by atoms with Crippen LogP contribution in [0.4, 0.5) is 32.0 Å². The van der Waals surface area contributed by atoms with Gasteiger partial charge in [0.15, 0.2) is 11.2 Å². The summed E-state index contributed by atoms with van der Waals surface area (Å²) in [6.07, 6.45) is -0.235. The van der Waals surface area contributed by atoms with Gasteiger partial charge in [0, 0.05) is 30.3 Å². The number of amides is 1. The van der Waals surface area contributed by atoms with E-state index >= 15 is 0 Å². The van der Waals surface area contributed by atoms with Crippen LogP contribution >= 0.6 is 0 Å². The van der Waals surface area contributed by atoms with E-state index in [1.807, 2.05) is 0 Å². The van der Waals surface area contributed by atoms with Gasteiger partial charge in [-0.05, 0) is 24.3 Å². The van der Waals surface area contributed by atoms with Gasteiger partial charge in [-0.1, -0.05) is 0 Å². The van der Waals surface area contributed by atoms with Gasteiger partial charge in [0.05, 0.1) is 5.84 Å². The SMILES string of the molecule is NC1=N[C@](CF)(c2cc(NC(=O)c3ccn(C(F)F)n3)ccc2F)C(F)(F)CC1. The van der Waals surface area contributed by atoms with Gasteiger partial charge in [0.1, 0.15) is 12.5 Å². The number of aromatic nitrogens is 2. The Bertz CT molecular complexity index is 960. The first-order chi connectivity index (χ1) is 13.6. The van der Waals surface area contributed by atoms with Crippen molar-refractivity contribution in [2.45, 2.75) is 30.9 Å². The fourth-order valence-corrected chi connectivity index (χ4v) is 3.01. The highest BCUT2D eigenvalue weighted by atomic mass is 19.3. The number of hydrogen-bond donors (Lipinski definition) is 2. The van der Waals surface area contributed by atoms with E-state index in [1.165, 1.54) is 0 Å². The minimum absolute atomic E-state index is 0.180. The molecule has 156 valence electrons. The summed E-state index contributed by atoms with van der Waals surface area (Å²) in [5.74, 6) is -6.10. The molecule has 1 aliphatic rings. The fourth-order valence-electron chi connectivity index (χ4n) is 3.01. The van der Waals surface area contributed by atoms with E-state index in [-0.39, 0.29) is 28.3 Å². The lowest BCUT2D eigenvalue weighted by atomic mass is 9.80. The summed E-state index contributed by atoms with van der Waals surface area (Å²) in [6, 6.07) is 3.62. The van der Waals surface area contributed by atoms with E-state index in [0.29, 0.717) is 0 Å². The molecular weight excluding hydrogens is 404 g/mol. The Hall–Kier alpha value is -3.05. The van der Waals surface area contributed by atoms with Crippen LogP contribution in [0.3, 0.4) is 0 Å². The average Bonchev–Trinajstić information content (AvgIpc) is 3.16. The lowest BCUT2D eigenvalue weighted by molar-refractivity contribution is -0.0959. The van der Waals surface area contributed by atoms with Gasteiger partial charge >= 0.3 is 6.55 Å². The lowest BCUT2D eigenvalue weighted by Gasteiger charge is -2.39. The van der Waals surface area contributed by atoms with Crippen LogP contribution in [0.1, 0.15) is 35.4 Å². The second kappa shape index (κ2) is 7.41. The Morgan fingerprint density at radius 3 is 2.66 bits per heavy atom. The van der Waals surface area contributed by atoms with E-state index in [9.17, 15) is 31.1 Å². The third-order valence-corrected chi connectivity index (χ3v) is 4.54. The van der Waals surface area contributed by atoms with Crippen molar-refractivity contribution in [1.82, 2.24) is 9.78 Å². The molecule has 1 aromatic heterocycles. The number of carbonyl (C=O) groups excluding carboxylic acids is 1. The molecule has 6 nitrogen and oxygen atoms in total. The van der Waals surface area contributed by atoms with Crippen molar-refractivity contribution in [3.63, 3.8) is 0 Å². The Labute approximate surface area is 160 Å². The molecule has 0 bridgehead atoms. The van der Waals surface area contributed by atoms with E-state index in [4.69, 9.17) is 5.73 Å². The lowest BCUT2D eigenvalue weighted by Crippen LogP contribution is -2.51. The number of nitrogens with two attached hydrogens (primary N) is 1. The predicted octanol–water partition coefficient (Wildman–Crippen LogP) is 3.62. The van der Waals surface area contributed by atoms with Crippen LogP contribution in [0, 0.1) is 5.82 Å². The molecule has 1 aromatic carbocycles. The number of nitrogens with one attached hydrogen (secondary N) is 1. The molecule has 1 amide bonds. The van der Waals surface area contributed by atoms with E-state index in [2.05, 4.69) is 15.4 Å². The number of amidine groups is 1. The molecule has 2 heterocycles. The molecule has 0 spiro atoms.